The molecule has 2 aliphatic carbocycles. The smallest absolute Gasteiger partial charge is 0.224 e. The zero-order valence-electron chi connectivity index (χ0n) is 13.8. The Labute approximate surface area is 138 Å². The molecule has 0 heterocycles. The third kappa shape index (κ3) is 2.99. The summed E-state index contributed by atoms with van der Waals surface area (Å²) in [5, 5.41) is 5.70. The number of hydrogen-bond acceptors (Lipinski definition) is 1. The first kappa shape index (κ1) is 14.7. The summed E-state index contributed by atoms with van der Waals surface area (Å²) in [6.07, 6.45) is 5.99. The predicted molar refractivity (Wildman–Crippen MR) is 94.2 cm³/mol. The van der Waals surface area contributed by atoms with Gasteiger partial charge in [0.25, 0.3) is 0 Å². The minimum atomic E-state index is 0.163. The fourth-order valence-corrected chi connectivity index (χ4v) is 4.85. The molecule has 2 saturated carbocycles. The number of carbonyl (C=O) groups is 1. The second-order valence-electron chi connectivity index (χ2n) is 7.55. The SMILES string of the molecule is C[C@H](NC(=O)Cc1ccc2ccccc2c1)[C@H]1C[C@H]2CC[C@H]1C2. The molecule has 1 amide bonds. The molecule has 1 N–H and O–H groups in total. The molecule has 2 aromatic rings. The van der Waals surface area contributed by atoms with E-state index in [0.29, 0.717) is 18.4 Å². The van der Waals surface area contributed by atoms with E-state index < -0.39 is 0 Å². The summed E-state index contributed by atoms with van der Waals surface area (Å²) >= 11 is 0. The van der Waals surface area contributed by atoms with E-state index in [2.05, 4.69) is 42.6 Å². The van der Waals surface area contributed by atoms with Crippen LogP contribution in [0, 0.1) is 17.8 Å². The van der Waals surface area contributed by atoms with Crippen LogP contribution in [-0.4, -0.2) is 11.9 Å². The fraction of sp³-hybridized carbons (Fsp3) is 0.476. The third-order valence-electron chi connectivity index (χ3n) is 6.00. The van der Waals surface area contributed by atoms with Gasteiger partial charge in [-0.25, -0.2) is 0 Å². The van der Waals surface area contributed by atoms with Gasteiger partial charge in [0.2, 0.25) is 5.91 Å². The molecule has 0 aliphatic heterocycles. The number of amides is 1. The number of rotatable bonds is 4. The molecule has 2 nitrogen and oxygen atoms in total. The van der Waals surface area contributed by atoms with Gasteiger partial charge in [0.05, 0.1) is 6.42 Å². The van der Waals surface area contributed by atoms with Crippen LogP contribution in [-0.2, 0) is 11.2 Å². The molecule has 0 radical (unpaired) electrons. The van der Waals surface area contributed by atoms with Gasteiger partial charge in [-0.2, -0.15) is 0 Å². The molecular weight excluding hydrogens is 282 g/mol. The third-order valence-corrected chi connectivity index (χ3v) is 6.00. The van der Waals surface area contributed by atoms with Crippen LogP contribution in [0.3, 0.4) is 0 Å². The van der Waals surface area contributed by atoms with Gasteiger partial charge in [-0.05, 0) is 60.3 Å². The molecule has 0 spiro atoms. The van der Waals surface area contributed by atoms with Crippen LogP contribution in [0.15, 0.2) is 42.5 Å². The van der Waals surface area contributed by atoms with Gasteiger partial charge in [0.1, 0.15) is 0 Å². The van der Waals surface area contributed by atoms with Gasteiger partial charge in [-0.3, -0.25) is 4.79 Å². The summed E-state index contributed by atoms with van der Waals surface area (Å²) < 4.78 is 0. The highest BCUT2D eigenvalue weighted by molar-refractivity contribution is 5.85. The normalized spacial score (nSPS) is 27.3. The zero-order chi connectivity index (χ0) is 15.8. The first-order valence-corrected chi connectivity index (χ1v) is 8.96. The molecule has 0 saturated heterocycles. The number of hydrogen-bond donors (Lipinski definition) is 1. The van der Waals surface area contributed by atoms with Crippen LogP contribution in [0.5, 0.6) is 0 Å². The quantitative estimate of drug-likeness (QED) is 0.895. The molecular formula is C21H25NO. The Hall–Kier alpha value is -1.83. The largest absolute Gasteiger partial charge is 0.353 e. The first-order valence-electron chi connectivity index (χ1n) is 8.96. The van der Waals surface area contributed by atoms with Gasteiger partial charge in [0.15, 0.2) is 0 Å². The summed E-state index contributed by atoms with van der Waals surface area (Å²) in [7, 11) is 0. The minimum Gasteiger partial charge on any atom is -0.353 e. The van der Waals surface area contributed by atoms with Crippen LogP contribution in [0.4, 0.5) is 0 Å². The lowest BCUT2D eigenvalue weighted by atomic mass is 9.84. The van der Waals surface area contributed by atoms with Crippen molar-refractivity contribution >= 4 is 16.7 Å². The van der Waals surface area contributed by atoms with Crippen LogP contribution in [0.2, 0.25) is 0 Å². The molecule has 0 aromatic heterocycles. The predicted octanol–water partition coefficient (Wildman–Crippen LogP) is 4.32. The summed E-state index contributed by atoms with van der Waals surface area (Å²) in [4.78, 5) is 12.4. The van der Waals surface area contributed by atoms with Crippen molar-refractivity contribution in [2.24, 2.45) is 17.8 Å². The van der Waals surface area contributed by atoms with Gasteiger partial charge in [-0.15, -0.1) is 0 Å². The molecule has 2 aliphatic rings. The van der Waals surface area contributed by atoms with Crippen molar-refractivity contribution in [2.75, 3.05) is 0 Å². The number of nitrogens with one attached hydrogen (secondary N) is 1. The summed E-state index contributed by atoms with van der Waals surface area (Å²) in [6, 6.07) is 14.9. The maximum atomic E-state index is 12.4. The Kier molecular flexibility index (Phi) is 3.84. The van der Waals surface area contributed by atoms with Gasteiger partial charge >= 0.3 is 0 Å². The van der Waals surface area contributed by atoms with E-state index >= 15 is 0 Å². The number of benzene rings is 2. The van der Waals surface area contributed by atoms with E-state index in [1.807, 2.05) is 12.1 Å². The molecule has 2 fully saturated rings. The van der Waals surface area contributed by atoms with Crippen molar-refractivity contribution in [3.8, 4) is 0 Å². The Balaban J connectivity index is 1.39. The average Bonchev–Trinajstić information content (AvgIpc) is 3.17. The first-order chi connectivity index (χ1) is 11.2. The molecule has 4 rings (SSSR count). The van der Waals surface area contributed by atoms with Crippen molar-refractivity contribution < 1.29 is 4.79 Å². The molecule has 4 atom stereocenters. The minimum absolute atomic E-state index is 0.163. The molecule has 2 bridgehead atoms. The zero-order valence-corrected chi connectivity index (χ0v) is 13.8. The monoisotopic (exact) mass is 307 g/mol. The molecule has 0 unspecified atom stereocenters. The topological polar surface area (TPSA) is 29.1 Å². The van der Waals surface area contributed by atoms with Crippen LogP contribution in [0.1, 0.15) is 38.2 Å². The molecule has 23 heavy (non-hydrogen) atoms. The summed E-state index contributed by atoms with van der Waals surface area (Å²) in [6.45, 7) is 2.20. The molecule has 120 valence electrons. The van der Waals surface area contributed by atoms with Crippen molar-refractivity contribution in [3.63, 3.8) is 0 Å². The van der Waals surface area contributed by atoms with Gasteiger partial charge in [0, 0.05) is 6.04 Å². The highest BCUT2D eigenvalue weighted by Gasteiger charge is 2.42. The lowest BCUT2D eigenvalue weighted by Crippen LogP contribution is -2.40. The fourth-order valence-electron chi connectivity index (χ4n) is 4.85. The highest BCUT2D eigenvalue weighted by atomic mass is 16.1. The van der Waals surface area contributed by atoms with Crippen LogP contribution in [0.25, 0.3) is 10.8 Å². The van der Waals surface area contributed by atoms with E-state index in [0.717, 1.165) is 17.4 Å². The number of fused-ring (bicyclic) bond motifs is 3. The Morgan fingerprint density at radius 2 is 1.96 bits per heavy atom. The lowest BCUT2D eigenvalue weighted by molar-refractivity contribution is -0.121. The second kappa shape index (κ2) is 5.99. The van der Waals surface area contributed by atoms with Crippen molar-refractivity contribution in [2.45, 2.75) is 45.1 Å². The van der Waals surface area contributed by atoms with Gasteiger partial charge in [-0.1, -0.05) is 48.9 Å². The Morgan fingerprint density at radius 3 is 2.70 bits per heavy atom. The van der Waals surface area contributed by atoms with Crippen molar-refractivity contribution in [1.29, 1.82) is 0 Å². The van der Waals surface area contributed by atoms with E-state index in [1.54, 1.807) is 0 Å². The van der Waals surface area contributed by atoms with Crippen molar-refractivity contribution in [1.82, 2.24) is 5.32 Å². The Morgan fingerprint density at radius 1 is 1.13 bits per heavy atom. The maximum absolute atomic E-state index is 12.4. The standard InChI is InChI=1S/C21H25NO/c1-14(20-12-15-7-9-19(20)11-15)22-21(23)13-16-6-8-17-4-2-3-5-18(17)10-16/h2-6,8,10,14-15,19-20H,7,9,11-13H2,1H3,(H,22,23)/t14-,15-,19-,20+/m0/s1. The van der Waals surface area contributed by atoms with E-state index in [9.17, 15) is 4.79 Å². The van der Waals surface area contributed by atoms with Gasteiger partial charge < -0.3 is 5.32 Å². The average molecular weight is 307 g/mol. The van der Waals surface area contributed by atoms with Crippen molar-refractivity contribution in [3.05, 3.63) is 48.0 Å². The van der Waals surface area contributed by atoms with E-state index in [-0.39, 0.29) is 5.91 Å². The maximum Gasteiger partial charge on any atom is 0.224 e. The van der Waals surface area contributed by atoms with E-state index in [4.69, 9.17) is 0 Å². The molecule has 2 heteroatoms. The molecule has 2 aromatic carbocycles. The lowest BCUT2D eigenvalue weighted by Gasteiger charge is -2.28. The highest BCUT2D eigenvalue weighted by Crippen LogP contribution is 2.49. The van der Waals surface area contributed by atoms with E-state index in [1.165, 1.54) is 36.5 Å². The Bertz CT molecular complexity index is 723. The second-order valence-corrected chi connectivity index (χ2v) is 7.55. The number of carbonyl (C=O) groups excluding carboxylic acids is 1. The van der Waals surface area contributed by atoms with Crippen LogP contribution < -0.4 is 5.32 Å². The summed E-state index contributed by atoms with van der Waals surface area (Å²) in [5.41, 5.74) is 1.10. The van der Waals surface area contributed by atoms with Crippen LogP contribution >= 0.6 is 0 Å². The summed E-state index contributed by atoms with van der Waals surface area (Å²) in [5.74, 6) is 2.66.